The molecule has 1 aromatic heterocycles. The lowest BCUT2D eigenvalue weighted by Gasteiger charge is -2.15. The summed E-state index contributed by atoms with van der Waals surface area (Å²) in [6, 6.07) is 18.4. The number of aromatic nitrogens is 2. The van der Waals surface area contributed by atoms with Crippen molar-refractivity contribution in [3.63, 3.8) is 0 Å². The van der Waals surface area contributed by atoms with Crippen molar-refractivity contribution in [1.82, 2.24) is 9.78 Å². The third kappa shape index (κ3) is 2.96. The number of amides is 1. The first kappa shape index (κ1) is 16.0. The first-order valence-corrected chi connectivity index (χ1v) is 9.31. The van der Waals surface area contributed by atoms with Gasteiger partial charge in [-0.3, -0.25) is 4.79 Å². The van der Waals surface area contributed by atoms with Gasteiger partial charge in [0.05, 0.1) is 22.4 Å². The van der Waals surface area contributed by atoms with Crippen LogP contribution >= 0.6 is 11.8 Å². The standard InChI is InChI=1S/C20H19N3OS/c1-13-8-10-15(11-9-13)19-18-14(2)22-23(16-6-4-3-5-7-16)20(18)21-17(24)12-25-19/h3-11,19H,12H2,1-2H3,(H,21,24)/t19-/m0/s1. The molecule has 0 radical (unpaired) electrons. The van der Waals surface area contributed by atoms with Crippen molar-refractivity contribution in [2.75, 3.05) is 11.1 Å². The van der Waals surface area contributed by atoms with Crippen LogP contribution in [-0.2, 0) is 4.79 Å². The van der Waals surface area contributed by atoms with Gasteiger partial charge in [-0.25, -0.2) is 4.68 Å². The summed E-state index contributed by atoms with van der Waals surface area (Å²) in [7, 11) is 0. The van der Waals surface area contributed by atoms with E-state index >= 15 is 0 Å². The summed E-state index contributed by atoms with van der Waals surface area (Å²) in [6.07, 6.45) is 0. The lowest BCUT2D eigenvalue weighted by molar-refractivity contribution is -0.113. The average molecular weight is 349 g/mol. The van der Waals surface area contributed by atoms with Crippen molar-refractivity contribution in [2.24, 2.45) is 0 Å². The van der Waals surface area contributed by atoms with Crippen LogP contribution in [0.25, 0.3) is 5.69 Å². The molecule has 126 valence electrons. The van der Waals surface area contributed by atoms with Gasteiger partial charge >= 0.3 is 0 Å². The number of thioether (sulfide) groups is 1. The van der Waals surface area contributed by atoms with E-state index in [4.69, 9.17) is 5.10 Å². The smallest absolute Gasteiger partial charge is 0.235 e. The van der Waals surface area contributed by atoms with Crippen LogP contribution < -0.4 is 5.32 Å². The molecular weight excluding hydrogens is 330 g/mol. The minimum atomic E-state index is 0.0120. The summed E-state index contributed by atoms with van der Waals surface area (Å²) in [4.78, 5) is 12.3. The Morgan fingerprint density at radius 1 is 1.08 bits per heavy atom. The molecule has 25 heavy (non-hydrogen) atoms. The lowest BCUT2D eigenvalue weighted by Crippen LogP contribution is -2.15. The Hall–Kier alpha value is -2.53. The van der Waals surface area contributed by atoms with Gasteiger partial charge in [0.15, 0.2) is 0 Å². The fourth-order valence-corrected chi connectivity index (χ4v) is 4.33. The van der Waals surface area contributed by atoms with Gasteiger partial charge < -0.3 is 5.32 Å². The zero-order valence-electron chi connectivity index (χ0n) is 14.2. The van der Waals surface area contributed by atoms with Crippen molar-refractivity contribution in [2.45, 2.75) is 19.1 Å². The first-order chi connectivity index (χ1) is 12.1. The molecule has 0 saturated heterocycles. The summed E-state index contributed by atoms with van der Waals surface area (Å²) in [5, 5.41) is 7.87. The summed E-state index contributed by atoms with van der Waals surface area (Å²) < 4.78 is 1.84. The molecule has 3 aromatic rings. The second-order valence-electron chi connectivity index (χ2n) is 6.24. The molecule has 0 saturated carbocycles. The van der Waals surface area contributed by atoms with Gasteiger partial charge in [-0.1, -0.05) is 48.0 Å². The summed E-state index contributed by atoms with van der Waals surface area (Å²) in [5.41, 5.74) is 5.40. The maximum Gasteiger partial charge on any atom is 0.235 e. The zero-order valence-corrected chi connectivity index (χ0v) is 15.0. The first-order valence-electron chi connectivity index (χ1n) is 8.26. The van der Waals surface area contributed by atoms with Crippen LogP contribution in [-0.4, -0.2) is 21.4 Å². The summed E-state index contributed by atoms with van der Waals surface area (Å²) in [5.74, 6) is 1.23. The second-order valence-corrected chi connectivity index (χ2v) is 7.34. The van der Waals surface area contributed by atoms with Crippen LogP contribution in [0.1, 0.15) is 27.6 Å². The number of aryl methyl sites for hydroxylation is 2. The highest BCUT2D eigenvalue weighted by atomic mass is 32.2. The van der Waals surface area contributed by atoms with Gasteiger partial charge in [-0.15, -0.1) is 11.8 Å². The maximum absolute atomic E-state index is 12.3. The number of hydrogen-bond donors (Lipinski definition) is 1. The molecule has 1 amide bonds. The number of benzene rings is 2. The third-order valence-corrected chi connectivity index (χ3v) is 5.66. The van der Waals surface area contributed by atoms with Crippen molar-refractivity contribution < 1.29 is 4.79 Å². The van der Waals surface area contributed by atoms with Crippen LogP contribution in [0.4, 0.5) is 5.82 Å². The number of rotatable bonds is 2. The van der Waals surface area contributed by atoms with Crippen LogP contribution in [0.15, 0.2) is 54.6 Å². The number of nitrogens with zero attached hydrogens (tertiary/aromatic N) is 2. The maximum atomic E-state index is 12.3. The minimum absolute atomic E-state index is 0.0120. The lowest BCUT2D eigenvalue weighted by atomic mass is 10.0. The van der Waals surface area contributed by atoms with E-state index in [2.05, 4.69) is 36.5 Å². The molecule has 5 heteroatoms. The second kappa shape index (κ2) is 6.41. The molecule has 0 spiro atoms. The SMILES string of the molecule is Cc1ccc([C@@H]2SCC(=O)Nc3c2c(C)nn3-c2ccccc2)cc1. The van der Waals surface area contributed by atoms with E-state index in [1.165, 1.54) is 11.1 Å². The van der Waals surface area contributed by atoms with E-state index in [0.717, 1.165) is 22.8 Å². The molecule has 2 aromatic carbocycles. The largest absolute Gasteiger partial charge is 0.310 e. The molecule has 1 atom stereocenters. The van der Waals surface area contributed by atoms with Gasteiger partial charge in [-0.2, -0.15) is 5.10 Å². The van der Waals surface area contributed by atoms with Crippen molar-refractivity contribution in [3.05, 3.63) is 77.0 Å². The molecule has 4 rings (SSSR count). The predicted octanol–water partition coefficient (Wildman–Crippen LogP) is 4.26. The van der Waals surface area contributed by atoms with Gasteiger partial charge in [-0.05, 0) is 31.5 Å². The molecule has 1 aliphatic rings. The average Bonchev–Trinajstić information content (AvgIpc) is 2.83. The number of hydrogen-bond acceptors (Lipinski definition) is 3. The quantitative estimate of drug-likeness (QED) is 0.752. The number of fused-ring (bicyclic) bond motifs is 1. The minimum Gasteiger partial charge on any atom is -0.310 e. The highest BCUT2D eigenvalue weighted by Gasteiger charge is 2.30. The number of nitrogens with one attached hydrogen (secondary N) is 1. The predicted molar refractivity (Wildman–Crippen MR) is 102 cm³/mol. The topological polar surface area (TPSA) is 46.9 Å². The summed E-state index contributed by atoms with van der Waals surface area (Å²) in [6.45, 7) is 4.09. The monoisotopic (exact) mass is 349 g/mol. The van der Waals surface area contributed by atoms with E-state index in [-0.39, 0.29) is 11.2 Å². The van der Waals surface area contributed by atoms with Gasteiger partial charge in [0.2, 0.25) is 5.91 Å². The molecule has 4 nitrogen and oxygen atoms in total. The number of carbonyl (C=O) groups excluding carboxylic acids is 1. The normalized spacial score (nSPS) is 16.9. The Morgan fingerprint density at radius 2 is 1.80 bits per heavy atom. The Morgan fingerprint density at radius 3 is 2.52 bits per heavy atom. The highest BCUT2D eigenvalue weighted by Crippen LogP contribution is 2.43. The van der Waals surface area contributed by atoms with Crippen LogP contribution in [0, 0.1) is 13.8 Å². The number of carbonyl (C=O) groups is 1. The molecule has 0 unspecified atom stereocenters. The van der Waals surface area contributed by atoms with Crippen molar-refractivity contribution in [3.8, 4) is 5.69 Å². The highest BCUT2D eigenvalue weighted by molar-refractivity contribution is 8.00. The fraction of sp³-hybridized carbons (Fsp3) is 0.200. The van der Waals surface area contributed by atoms with Crippen LogP contribution in [0.2, 0.25) is 0 Å². The Kier molecular flexibility index (Phi) is 4.09. The van der Waals surface area contributed by atoms with E-state index in [1.54, 1.807) is 11.8 Å². The Labute approximate surface area is 151 Å². The van der Waals surface area contributed by atoms with Crippen molar-refractivity contribution in [1.29, 1.82) is 0 Å². The Balaban J connectivity index is 1.88. The molecule has 2 heterocycles. The Bertz CT molecular complexity index is 916. The number of anilines is 1. The van der Waals surface area contributed by atoms with E-state index in [1.807, 2.05) is 41.9 Å². The number of para-hydroxylation sites is 1. The molecule has 0 aliphatic carbocycles. The fourth-order valence-electron chi connectivity index (χ4n) is 3.14. The van der Waals surface area contributed by atoms with Crippen LogP contribution in [0.3, 0.4) is 0 Å². The molecule has 0 fully saturated rings. The van der Waals surface area contributed by atoms with Gasteiger partial charge in [0, 0.05) is 5.56 Å². The van der Waals surface area contributed by atoms with Crippen LogP contribution in [0.5, 0.6) is 0 Å². The third-order valence-electron chi connectivity index (χ3n) is 4.39. The zero-order chi connectivity index (χ0) is 17.4. The van der Waals surface area contributed by atoms with E-state index < -0.39 is 0 Å². The van der Waals surface area contributed by atoms with E-state index in [9.17, 15) is 4.79 Å². The molecular formula is C20H19N3OS. The molecule has 1 N–H and O–H groups in total. The van der Waals surface area contributed by atoms with Crippen molar-refractivity contribution >= 4 is 23.5 Å². The van der Waals surface area contributed by atoms with Gasteiger partial charge in [0.1, 0.15) is 5.82 Å². The molecule has 1 aliphatic heterocycles. The summed E-state index contributed by atoms with van der Waals surface area (Å²) >= 11 is 1.65. The molecule has 0 bridgehead atoms. The van der Waals surface area contributed by atoms with E-state index in [0.29, 0.717) is 5.75 Å². The van der Waals surface area contributed by atoms with Gasteiger partial charge in [0.25, 0.3) is 0 Å².